The lowest BCUT2D eigenvalue weighted by atomic mass is 9.97. The number of piperidine rings is 1. The van der Waals surface area contributed by atoms with Gasteiger partial charge in [-0.2, -0.15) is 4.31 Å². The fourth-order valence-corrected chi connectivity index (χ4v) is 6.39. The van der Waals surface area contributed by atoms with Crippen molar-refractivity contribution in [3.8, 4) is 5.75 Å². The molecule has 1 saturated heterocycles. The molecule has 0 radical (unpaired) electrons. The Balaban J connectivity index is 1.40. The molecule has 3 aliphatic heterocycles. The van der Waals surface area contributed by atoms with Crippen LogP contribution in [0.1, 0.15) is 18.4 Å². The van der Waals surface area contributed by atoms with Gasteiger partial charge in [0.25, 0.3) is 5.91 Å². The summed E-state index contributed by atoms with van der Waals surface area (Å²) in [7, 11) is -3.92. The van der Waals surface area contributed by atoms with Crippen molar-refractivity contribution in [2.75, 3.05) is 41.8 Å². The first kappa shape index (κ1) is 22.4. The number of carbonyl (C=O) groups is 3. The van der Waals surface area contributed by atoms with E-state index in [1.807, 2.05) is 0 Å². The number of fused-ring (bicyclic) bond motifs is 2. The van der Waals surface area contributed by atoms with Gasteiger partial charge in [0.1, 0.15) is 12.3 Å². The third-order valence-electron chi connectivity index (χ3n) is 6.30. The zero-order valence-corrected chi connectivity index (χ0v) is 19.4. The third-order valence-corrected chi connectivity index (χ3v) is 8.30. The molecule has 2 aromatic carbocycles. The number of ether oxygens (including phenoxy) is 1. The SMILES string of the molecule is Cc1cc2c(cc1S(=O)(=O)N1CCC[C@@H](C(=O)N3CC(=O)Nc4ccccc43)C1)OCC(=O)N2. The van der Waals surface area contributed by atoms with Crippen LogP contribution in [0.15, 0.2) is 41.3 Å². The van der Waals surface area contributed by atoms with Crippen LogP contribution in [0.4, 0.5) is 17.1 Å². The summed E-state index contributed by atoms with van der Waals surface area (Å²) in [5, 5.41) is 5.43. The predicted octanol–water partition coefficient (Wildman–Crippen LogP) is 1.71. The second-order valence-electron chi connectivity index (χ2n) is 8.64. The monoisotopic (exact) mass is 484 g/mol. The smallest absolute Gasteiger partial charge is 0.262 e. The minimum Gasteiger partial charge on any atom is -0.482 e. The average Bonchev–Trinajstić information content (AvgIpc) is 2.82. The number of rotatable bonds is 3. The molecule has 5 rings (SSSR count). The summed E-state index contributed by atoms with van der Waals surface area (Å²) >= 11 is 0. The maximum Gasteiger partial charge on any atom is 0.262 e. The quantitative estimate of drug-likeness (QED) is 0.683. The Bertz CT molecular complexity index is 1310. The first-order chi connectivity index (χ1) is 16.2. The Morgan fingerprint density at radius 2 is 1.85 bits per heavy atom. The molecule has 1 fully saturated rings. The fraction of sp³-hybridized carbons (Fsp3) is 0.348. The fourth-order valence-electron chi connectivity index (χ4n) is 4.65. The Hall–Kier alpha value is -3.44. The van der Waals surface area contributed by atoms with E-state index in [1.165, 1.54) is 15.3 Å². The van der Waals surface area contributed by atoms with Gasteiger partial charge in [-0.05, 0) is 43.5 Å². The second-order valence-corrected chi connectivity index (χ2v) is 10.5. The van der Waals surface area contributed by atoms with Gasteiger partial charge in [0.2, 0.25) is 21.8 Å². The van der Waals surface area contributed by atoms with E-state index in [2.05, 4.69) is 10.6 Å². The maximum atomic E-state index is 13.5. The lowest BCUT2D eigenvalue weighted by Gasteiger charge is -2.36. The van der Waals surface area contributed by atoms with Gasteiger partial charge in [0.05, 0.1) is 27.9 Å². The zero-order valence-electron chi connectivity index (χ0n) is 18.5. The van der Waals surface area contributed by atoms with E-state index in [0.717, 1.165) is 0 Å². The Labute approximate surface area is 196 Å². The van der Waals surface area contributed by atoms with Crippen molar-refractivity contribution < 1.29 is 27.5 Å². The first-order valence-corrected chi connectivity index (χ1v) is 12.5. The largest absolute Gasteiger partial charge is 0.482 e. The summed E-state index contributed by atoms with van der Waals surface area (Å²) in [5.74, 6) is -1.13. The molecule has 10 nitrogen and oxygen atoms in total. The summed E-state index contributed by atoms with van der Waals surface area (Å²) in [4.78, 5) is 38.7. The number of anilines is 3. The molecule has 2 aromatic rings. The van der Waals surface area contributed by atoms with Crippen LogP contribution in [-0.2, 0) is 24.4 Å². The molecule has 178 valence electrons. The lowest BCUT2D eigenvalue weighted by molar-refractivity contribution is -0.125. The molecule has 3 amide bonds. The number of sulfonamides is 1. The van der Waals surface area contributed by atoms with E-state index in [1.54, 1.807) is 37.3 Å². The average molecular weight is 485 g/mol. The lowest BCUT2D eigenvalue weighted by Crippen LogP contribution is -2.50. The topological polar surface area (TPSA) is 125 Å². The zero-order chi connectivity index (χ0) is 24.0. The second kappa shape index (κ2) is 8.41. The molecule has 0 aromatic heterocycles. The first-order valence-electron chi connectivity index (χ1n) is 11.0. The normalized spacial score (nSPS) is 20.5. The summed E-state index contributed by atoms with van der Waals surface area (Å²) in [6.45, 7) is 1.68. The van der Waals surface area contributed by atoms with Crippen LogP contribution in [0.25, 0.3) is 0 Å². The number of carbonyl (C=O) groups excluding carboxylic acids is 3. The minimum atomic E-state index is -3.92. The number of benzene rings is 2. The highest BCUT2D eigenvalue weighted by molar-refractivity contribution is 7.89. The molecule has 1 atom stereocenters. The van der Waals surface area contributed by atoms with Crippen LogP contribution < -0.4 is 20.3 Å². The summed E-state index contributed by atoms with van der Waals surface area (Å²) in [6, 6.07) is 10.1. The van der Waals surface area contributed by atoms with Crippen molar-refractivity contribution >= 4 is 44.8 Å². The summed E-state index contributed by atoms with van der Waals surface area (Å²) in [5.41, 5.74) is 2.07. The van der Waals surface area contributed by atoms with Gasteiger partial charge in [0, 0.05) is 19.2 Å². The van der Waals surface area contributed by atoms with Crippen LogP contribution in [-0.4, -0.2) is 56.7 Å². The van der Waals surface area contributed by atoms with Crippen LogP contribution in [0.5, 0.6) is 5.75 Å². The van der Waals surface area contributed by atoms with E-state index in [4.69, 9.17) is 4.74 Å². The van der Waals surface area contributed by atoms with Crippen molar-refractivity contribution in [3.63, 3.8) is 0 Å². The van der Waals surface area contributed by atoms with Gasteiger partial charge in [0.15, 0.2) is 6.61 Å². The number of nitrogens with one attached hydrogen (secondary N) is 2. The molecule has 34 heavy (non-hydrogen) atoms. The minimum absolute atomic E-state index is 0.0234. The highest BCUT2D eigenvalue weighted by Crippen LogP contribution is 2.36. The molecule has 3 heterocycles. The number of hydrogen-bond donors (Lipinski definition) is 2. The van der Waals surface area contributed by atoms with Crippen molar-refractivity contribution in [1.29, 1.82) is 0 Å². The molecule has 0 bridgehead atoms. The summed E-state index contributed by atoms with van der Waals surface area (Å²) < 4.78 is 33.8. The molecule has 0 aliphatic carbocycles. The standard InChI is InChI=1S/C23H24N4O6S/c1-14-9-17-19(33-13-22(29)25-17)10-20(14)34(31,32)26-8-4-5-15(11-26)23(30)27-12-21(28)24-16-6-2-3-7-18(16)27/h2-3,6-7,9-10,15H,4-5,8,11-13H2,1H3,(H,24,28)(H,25,29)/t15-/m1/s1. The van der Waals surface area contributed by atoms with Crippen LogP contribution in [0, 0.1) is 12.8 Å². The van der Waals surface area contributed by atoms with Gasteiger partial charge in [-0.1, -0.05) is 12.1 Å². The highest BCUT2D eigenvalue weighted by atomic mass is 32.2. The number of amides is 3. The van der Waals surface area contributed by atoms with E-state index < -0.39 is 15.9 Å². The van der Waals surface area contributed by atoms with Gasteiger partial charge in [-0.15, -0.1) is 0 Å². The molecular formula is C23H24N4O6S. The molecule has 0 saturated carbocycles. The third kappa shape index (κ3) is 3.90. The Morgan fingerprint density at radius 1 is 1.09 bits per heavy atom. The highest BCUT2D eigenvalue weighted by Gasteiger charge is 2.38. The number of nitrogens with zero attached hydrogens (tertiary/aromatic N) is 2. The predicted molar refractivity (Wildman–Crippen MR) is 124 cm³/mol. The molecule has 0 unspecified atom stereocenters. The Kier molecular flexibility index (Phi) is 5.53. The van der Waals surface area contributed by atoms with Gasteiger partial charge < -0.3 is 20.3 Å². The van der Waals surface area contributed by atoms with Gasteiger partial charge in [-0.25, -0.2) is 8.42 Å². The molecule has 0 spiro atoms. The van der Waals surface area contributed by atoms with E-state index in [9.17, 15) is 22.8 Å². The van der Waals surface area contributed by atoms with Crippen LogP contribution in [0.2, 0.25) is 0 Å². The van der Waals surface area contributed by atoms with Crippen molar-refractivity contribution in [2.24, 2.45) is 5.92 Å². The number of para-hydroxylation sites is 2. The van der Waals surface area contributed by atoms with Gasteiger partial charge >= 0.3 is 0 Å². The number of hydrogen-bond acceptors (Lipinski definition) is 6. The summed E-state index contributed by atoms with van der Waals surface area (Å²) in [6.07, 6.45) is 1.05. The van der Waals surface area contributed by atoms with E-state index >= 15 is 0 Å². The maximum absolute atomic E-state index is 13.5. The molecule has 11 heteroatoms. The van der Waals surface area contributed by atoms with Crippen molar-refractivity contribution in [2.45, 2.75) is 24.7 Å². The number of aryl methyl sites for hydroxylation is 1. The molecule has 2 N–H and O–H groups in total. The Morgan fingerprint density at radius 3 is 2.68 bits per heavy atom. The van der Waals surface area contributed by atoms with Crippen molar-refractivity contribution in [1.82, 2.24) is 4.31 Å². The van der Waals surface area contributed by atoms with Gasteiger partial charge in [-0.3, -0.25) is 14.4 Å². The molecule has 3 aliphatic rings. The molecular weight excluding hydrogens is 460 g/mol. The van der Waals surface area contributed by atoms with E-state index in [-0.39, 0.29) is 48.9 Å². The van der Waals surface area contributed by atoms with Crippen LogP contribution in [0.3, 0.4) is 0 Å². The van der Waals surface area contributed by atoms with Crippen LogP contribution >= 0.6 is 0 Å². The van der Waals surface area contributed by atoms with E-state index in [0.29, 0.717) is 41.2 Å². The van der Waals surface area contributed by atoms with Crippen molar-refractivity contribution in [3.05, 3.63) is 42.0 Å².